The third kappa shape index (κ3) is 17.5. The molecule has 2 unspecified atom stereocenters. The summed E-state index contributed by atoms with van der Waals surface area (Å²) >= 11 is 0. The lowest BCUT2D eigenvalue weighted by Gasteiger charge is -2.19. The smallest absolute Gasteiger partial charge is 0.373 e. The minimum atomic E-state index is -0.738. The molecular formula is C34H36Cl2N2O6-2. The maximum absolute atomic E-state index is 11.1. The van der Waals surface area contributed by atoms with Gasteiger partial charge in [-0.25, -0.2) is 0 Å². The molecule has 0 saturated heterocycles. The van der Waals surface area contributed by atoms with E-state index in [1.807, 2.05) is 86.0 Å². The zero-order chi connectivity index (χ0) is 31.2. The van der Waals surface area contributed by atoms with Gasteiger partial charge in [0.2, 0.25) is 0 Å². The number of carboxylic acids is 1. The van der Waals surface area contributed by atoms with Gasteiger partial charge in [0.1, 0.15) is 0 Å². The number of hydrogen-bond acceptors (Lipinski definition) is 7. The number of benzene rings is 2. The van der Waals surface area contributed by atoms with Crippen molar-refractivity contribution in [3.05, 3.63) is 107 Å². The second-order valence-corrected chi connectivity index (χ2v) is 9.48. The summed E-state index contributed by atoms with van der Waals surface area (Å²) in [4.78, 5) is 52.5. The van der Waals surface area contributed by atoms with Gasteiger partial charge in [0.05, 0.1) is 17.3 Å². The Hall–Kier alpha value is -4.45. The van der Waals surface area contributed by atoms with Crippen LogP contribution in [0.2, 0.25) is 0 Å². The van der Waals surface area contributed by atoms with E-state index in [1.54, 1.807) is 6.21 Å². The van der Waals surface area contributed by atoms with E-state index in [0.29, 0.717) is 12.8 Å². The van der Waals surface area contributed by atoms with Crippen LogP contribution in [0.3, 0.4) is 0 Å². The Kier molecular flexibility index (Phi) is 23.8. The summed E-state index contributed by atoms with van der Waals surface area (Å²) in [5.41, 5.74) is 6.69. The van der Waals surface area contributed by atoms with Gasteiger partial charge in [-0.3, -0.25) is 14.8 Å². The molecule has 234 valence electrons. The molecule has 44 heavy (non-hydrogen) atoms. The Bertz CT molecular complexity index is 1370. The Labute approximate surface area is 270 Å². The molecule has 8 nitrogen and oxygen atoms in total. The van der Waals surface area contributed by atoms with Crippen LogP contribution >= 0.6 is 0 Å². The molecule has 2 aromatic carbocycles. The number of aliphatic carboxylic acids is 1. The Morgan fingerprint density at radius 2 is 1.09 bits per heavy atom. The van der Waals surface area contributed by atoms with E-state index in [4.69, 9.17) is 24.3 Å². The standard InChI is InChI=1S/C16H17NO2.C16H19N.2CO2.2ClH/c1-2-12-8-13(10-14(9-12)16(18)19)11-17-15-6-4-3-5-7-15;1-3-14-9-13(2)10-15(11-14)12-17-16-7-5-4-6-8-16;2*2-1-3;;/h2-8,11,14H,9-10H2,1H3,(H,18,19);3-8,11-13H,9-10H2,1-2H3;;;2*1H/p-2/b12-2-,17-11?;14-3+,17-12?;;;;. The van der Waals surface area contributed by atoms with Crippen LogP contribution in [0.15, 0.2) is 117 Å². The summed E-state index contributed by atoms with van der Waals surface area (Å²) in [5, 5.41) is 9.16. The Morgan fingerprint density at radius 3 is 1.48 bits per heavy atom. The molecule has 2 aromatic rings. The number of nitrogens with zero attached hydrogens (tertiary/aromatic N) is 2. The lowest BCUT2D eigenvalue weighted by Crippen LogP contribution is -3.00. The van der Waals surface area contributed by atoms with Crippen molar-refractivity contribution in [1.82, 2.24) is 0 Å². The summed E-state index contributed by atoms with van der Waals surface area (Å²) < 4.78 is 0. The van der Waals surface area contributed by atoms with Gasteiger partial charge in [0.25, 0.3) is 0 Å². The number of para-hydroxylation sites is 2. The maximum atomic E-state index is 11.1. The van der Waals surface area contributed by atoms with Crippen molar-refractivity contribution in [2.45, 2.75) is 46.5 Å². The summed E-state index contributed by atoms with van der Waals surface area (Å²) in [5.74, 6) is -0.352. The van der Waals surface area contributed by atoms with E-state index in [9.17, 15) is 4.79 Å². The van der Waals surface area contributed by atoms with Crippen LogP contribution in [0, 0.1) is 11.8 Å². The molecular weight excluding hydrogens is 603 g/mol. The molecule has 2 aliphatic rings. The fraction of sp³-hybridized carbons (Fsp3) is 0.265. The van der Waals surface area contributed by atoms with Crippen molar-refractivity contribution in [1.29, 1.82) is 0 Å². The second-order valence-electron chi connectivity index (χ2n) is 9.48. The number of halogens is 2. The first kappa shape index (κ1) is 41.7. The number of carbonyl (C=O) groups excluding carboxylic acids is 4. The summed E-state index contributed by atoms with van der Waals surface area (Å²) in [6.45, 7) is 6.34. The van der Waals surface area contributed by atoms with Gasteiger partial charge in [-0.05, 0) is 80.9 Å². The zero-order valence-corrected chi connectivity index (χ0v) is 26.4. The van der Waals surface area contributed by atoms with Crippen LogP contribution in [0.5, 0.6) is 0 Å². The minimum Gasteiger partial charge on any atom is -1.00 e. The molecule has 1 N–H and O–H groups in total. The highest BCUT2D eigenvalue weighted by atomic mass is 35.5. The van der Waals surface area contributed by atoms with Crippen LogP contribution in [0.25, 0.3) is 0 Å². The topological polar surface area (TPSA) is 130 Å². The van der Waals surface area contributed by atoms with Crippen molar-refractivity contribution in [2.75, 3.05) is 0 Å². The predicted molar refractivity (Wildman–Crippen MR) is 162 cm³/mol. The number of carbonyl (C=O) groups is 1. The lowest BCUT2D eigenvalue weighted by molar-refractivity contribution is -0.193. The van der Waals surface area contributed by atoms with Crippen LogP contribution in [-0.2, 0) is 24.0 Å². The van der Waals surface area contributed by atoms with Crippen molar-refractivity contribution < 1.29 is 53.9 Å². The summed E-state index contributed by atoms with van der Waals surface area (Å²) in [6.07, 6.45) is 16.2. The van der Waals surface area contributed by atoms with Crippen molar-refractivity contribution in [3.8, 4) is 0 Å². The number of rotatable bonds is 5. The molecule has 0 aliphatic heterocycles. The Morgan fingerprint density at radius 1 is 0.705 bits per heavy atom. The molecule has 0 fully saturated rings. The molecule has 2 atom stereocenters. The van der Waals surface area contributed by atoms with Crippen LogP contribution in [0.1, 0.15) is 46.5 Å². The summed E-state index contributed by atoms with van der Waals surface area (Å²) in [6, 6.07) is 19.7. The summed E-state index contributed by atoms with van der Waals surface area (Å²) in [7, 11) is 0. The SMILES string of the molecule is C/C=C1/C=C(C=Nc2ccccc2)CC(C(=O)O)C1.C/C=C1/C=C(C=Nc2ccccc2)CC(C)C1.O=C=O.O=C=O.[Cl-].[Cl-]. The van der Waals surface area contributed by atoms with Gasteiger partial charge in [-0.1, -0.05) is 78.8 Å². The highest BCUT2D eigenvalue weighted by molar-refractivity contribution is 5.84. The zero-order valence-electron chi connectivity index (χ0n) is 24.9. The average Bonchev–Trinajstić information content (AvgIpc) is 3.00. The van der Waals surface area contributed by atoms with Gasteiger partial charge < -0.3 is 29.9 Å². The van der Waals surface area contributed by atoms with Crippen LogP contribution in [0.4, 0.5) is 11.4 Å². The maximum Gasteiger partial charge on any atom is 0.373 e. The van der Waals surface area contributed by atoms with Crippen LogP contribution < -0.4 is 24.8 Å². The molecule has 10 heteroatoms. The van der Waals surface area contributed by atoms with Gasteiger partial charge in [0, 0.05) is 12.4 Å². The normalized spacial score (nSPS) is 18.6. The molecule has 0 amide bonds. The fourth-order valence-electron chi connectivity index (χ4n) is 4.33. The van der Waals surface area contributed by atoms with E-state index in [0.717, 1.165) is 34.9 Å². The van der Waals surface area contributed by atoms with Gasteiger partial charge in [-0.2, -0.15) is 19.2 Å². The van der Waals surface area contributed by atoms with E-state index in [-0.39, 0.29) is 43.0 Å². The molecule has 0 spiro atoms. The number of aliphatic imine (C=N–C) groups is 2. The molecule has 0 bridgehead atoms. The van der Waals surface area contributed by atoms with Gasteiger partial charge in [0.15, 0.2) is 0 Å². The molecule has 0 aromatic heterocycles. The van der Waals surface area contributed by atoms with E-state index >= 15 is 0 Å². The third-order valence-corrected chi connectivity index (χ3v) is 6.24. The predicted octanol–water partition coefficient (Wildman–Crippen LogP) is 1.29. The highest BCUT2D eigenvalue weighted by Gasteiger charge is 2.23. The quantitative estimate of drug-likeness (QED) is 0.491. The molecule has 0 radical (unpaired) electrons. The number of carboxylic acid groups (broad SMARTS) is 1. The molecule has 2 aliphatic carbocycles. The monoisotopic (exact) mass is 638 g/mol. The first-order valence-corrected chi connectivity index (χ1v) is 13.4. The fourth-order valence-corrected chi connectivity index (χ4v) is 4.33. The molecule has 4 rings (SSSR count). The van der Waals surface area contributed by atoms with E-state index in [1.165, 1.54) is 17.6 Å². The third-order valence-electron chi connectivity index (χ3n) is 6.24. The largest absolute Gasteiger partial charge is 1.00 e. The number of allylic oxidation sites excluding steroid dienone is 8. The molecule has 0 saturated carbocycles. The lowest BCUT2D eigenvalue weighted by atomic mass is 9.86. The van der Waals surface area contributed by atoms with Crippen molar-refractivity contribution in [2.24, 2.45) is 21.8 Å². The van der Waals surface area contributed by atoms with Gasteiger partial charge in [-0.15, -0.1) is 0 Å². The highest BCUT2D eigenvalue weighted by Crippen LogP contribution is 2.28. The first-order chi connectivity index (χ1) is 20.3. The second kappa shape index (κ2) is 25.1. The van der Waals surface area contributed by atoms with Gasteiger partial charge >= 0.3 is 18.3 Å². The van der Waals surface area contributed by atoms with E-state index in [2.05, 4.69) is 36.0 Å². The van der Waals surface area contributed by atoms with Crippen molar-refractivity contribution in [3.63, 3.8) is 0 Å². The first-order valence-electron chi connectivity index (χ1n) is 13.4. The Balaban J connectivity index is 0. The van der Waals surface area contributed by atoms with Crippen molar-refractivity contribution >= 4 is 42.1 Å². The molecule has 0 heterocycles. The van der Waals surface area contributed by atoms with E-state index < -0.39 is 5.97 Å². The van der Waals surface area contributed by atoms with Crippen LogP contribution in [-0.4, -0.2) is 35.8 Å². The minimum absolute atomic E-state index is 0. The average molecular weight is 640 g/mol. The number of hydrogen-bond donors (Lipinski definition) is 1.